The van der Waals surface area contributed by atoms with Crippen molar-refractivity contribution in [3.63, 3.8) is 0 Å². The smallest absolute Gasteiger partial charge is 0.337 e. The molecular weight excluding hydrogens is 274 g/mol. The van der Waals surface area contributed by atoms with Crippen LogP contribution in [0, 0.1) is 0 Å². The van der Waals surface area contributed by atoms with Crippen LogP contribution in [-0.4, -0.2) is 29.9 Å². The van der Waals surface area contributed by atoms with Gasteiger partial charge in [-0.25, -0.2) is 4.79 Å². The van der Waals surface area contributed by atoms with E-state index in [-0.39, 0.29) is 17.7 Å². The normalized spacial score (nSPS) is 10.2. The van der Waals surface area contributed by atoms with Crippen LogP contribution in [0.5, 0.6) is 11.5 Å². The summed E-state index contributed by atoms with van der Waals surface area (Å²) in [5, 5.41) is 8.98. The van der Waals surface area contributed by atoms with Crippen LogP contribution in [0.3, 0.4) is 0 Å². The zero-order valence-corrected chi connectivity index (χ0v) is 11.7. The molecule has 1 aromatic carbocycles. The molecule has 0 amide bonds. The molecule has 0 saturated carbocycles. The molecule has 0 aliphatic carbocycles. The molecule has 0 spiro atoms. The zero-order valence-electron chi connectivity index (χ0n) is 11.7. The quantitative estimate of drug-likeness (QED) is 0.904. The maximum atomic E-state index is 11.8. The highest BCUT2D eigenvalue weighted by atomic mass is 16.5. The lowest BCUT2D eigenvalue weighted by Crippen LogP contribution is -2.21. The van der Waals surface area contributed by atoms with Gasteiger partial charge in [0.2, 0.25) is 0 Å². The van der Waals surface area contributed by atoms with Gasteiger partial charge in [-0.15, -0.1) is 0 Å². The fraction of sp³-hybridized carbons (Fsp3) is 0.200. The summed E-state index contributed by atoms with van der Waals surface area (Å²) in [6, 6.07) is 7.76. The van der Waals surface area contributed by atoms with Crippen LogP contribution in [0.1, 0.15) is 15.9 Å². The van der Waals surface area contributed by atoms with Crippen LogP contribution in [0.25, 0.3) is 0 Å². The zero-order chi connectivity index (χ0) is 15.4. The Labute approximate surface area is 121 Å². The molecule has 2 rings (SSSR count). The number of benzene rings is 1. The van der Waals surface area contributed by atoms with E-state index in [1.165, 1.54) is 30.0 Å². The summed E-state index contributed by atoms with van der Waals surface area (Å²) < 4.78 is 11.7. The lowest BCUT2D eigenvalue weighted by molar-refractivity contribution is 0.0696. The Balaban J connectivity index is 2.40. The van der Waals surface area contributed by atoms with Gasteiger partial charge in [0.15, 0.2) is 0 Å². The molecular formula is C15H15NO5. The third-order valence-electron chi connectivity index (χ3n) is 3.07. The number of ether oxygens (including phenoxy) is 2. The molecule has 6 nitrogen and oxygen atoms in total. The first kappa shape index (κ1) is 14.6. The van der Waals surface area contributed by atoms with Gasteiger partial charge in [-0.2, -0.15) is 0 Å². The number of pyridine rings is 1. The van der Waals surface area contributed by atoms with Crippen molar-refractivity contribution >= 4 is 5.97 Å². The van der Waals surface area contributed by atoms with E-state index in [9.17, 15) is 9.59 Å². The number of hydrogen-bond donors (Lipinski definition) is 1. The maximum Gasteiger partial charge on any atom is 0.337 e. The largest absolute Gasteiger partial charge is 0.497 e. The SMILES string of the molecule is COc1ccc(Cn2cc(C(=O)O)ccc2=O)c(OC)c1. The van der Waals surface area contributed by atoms with Crippen molar-refractivity contribution in [2.75, 3.05) is 14.2 Å². The first-order chi connectivity index (χ1) is 10.0. The first-order valence-corrected chi connectivity index (χ1v) is 6.20. The second-order valence-corrected chi connectivity index (χ2v) is 4.37. The molecule has 0 aliphatic heterocycles. The predicted octanol–water partition coefficient (Wildman–Crippen LogP) is 1.61. The monoisotopic (exact) mass is 289 g/mol. The molecule has 2 aromatic rings. The van der Waals surface area contributed by atoms with Crippen LogP contribution >= 0.6 is 0 Å². The van der Waals surface area contributed by atoms with Crippen LogP contribution in [0.2, 0.25) is 0 Å². The minimum absolute atomic E-state index is 0.0575. The molecule has 0 unspecified atom stereocenters. The average Bonchev–Trinajstić information content (AvgIpc) is 2.49. The van der Waals surface area contributed by atoms with Crippen molar-refractivity contribution in [1.29, 1.82) is 0 Å². The number of aromatic carboxylic acids is 1. The van der Waals surface area contributed by atoms with Gasteiger partial charge in [-0.05, 0) is 18.2 Å². The molecule has 0 bridgehead atoms. The minimum atomic E-state index is -1.08. The number of carboxylic acid groups (broad SMARTS) is 1. The van der Waals surface area contributed by atoms with Gasteiger partial charge >= 0.3 is 5.97 Å². The van der Waals surface area contributed by atoms with Crippen molar-refractivity contribution in [3.8, 4) is 11.5 Å². The van der Waals surface area contributed by atoms with Crippen molar-refractivity contribution < 1.29 is 19.4 Å². The second-order valence-electron chi connectivity index (χ2n) is 4.37. The highest BCUT2D eigenvalue weighted by Gasteiger charge is 2.09. The number of rotatable bonds is 5. The minimum Gasteiger partial charge on any atom is -0.497 e. The van der Waals surface area contributed by atoms with Crippen molar-refractivity contribution in [3.05, 3.63) is 58.0 Å². The lowest BCUT2D eigenvalue weighted by atomic mass is 10.2. The van der Waals surface area contributed by atoms with Gasteiger partial charge in [-0.1, -0.05) is 0 Å². The van der Waals surface area contributed by atoms with Crippen molar-refractivity contribution in [2.24, 2.45) is 0 Å². The summed E-state index contributed by atoms with van der Waals surface area (Å²) in [6.45, 7) is 0.215. The van der Waals surface area contributed by atoms with Crippen LogP contribution < -0.4 is 15.0 Å². The van der Waals surface area contributed by atoms with Gasteiger partial charge in [0.1, 0.15) is 11.5 Å². The topological polar surface area (TPSA) is 77.8 Å². The molecule has 1 aromatic heterocycles. The Kier molecular flexibility index (Phi) is 4.27. The fourth-order valence-electron chi connectivity index (χ4n) is 1.95. The van der Waals surface area contributed by atoms with E-state index in [2.05, 4.69) is 0 Å². The van der Waals surface area contributed by atoms with Gasteiger partial charge in [-0.3, -0.25) is 4.79 Å². The van der Waals surface area contributed by atoms with Crippen LogP contribution in [0.4, 0.5) is 0 Å². The van der Waals surface area contributed by atoms with E-state index < -0.39 is 5.97 Å². The Morgan fingerprint density at radius 2 is 1.95 bits per heavy atom. The summed E-state index contributed by atoms with van der Waals surface area (Å²) in [5.74, 6) is 0.134. The Morgan fingerprint density at radius 1 is 1.19 bits per heavy atom. The summed E-state index contributed by atoms with van der Waals surface area (Å²) in [7, 11) is 3.07. The van der Waals surface area contributed by atoms with E-state index in [0.717, 1.165) is 5.56 Å². The average molecular weight is 289 g/mol. The number of nitrogens with zero attached hydrogens (tertiary/aromatic N) is 1. The Bertz CT molecular complexity index is 720. The molecule has 1 heterocycles. The number of carbonyl (C=O) groups is 1. The summed E-state index contributed by atoms with van der Waals surface area (Å²) in [6.07, 6.45) is 1.31. The third-order valence-corrected chi connectivity index (χ3v) is 3.07. The number of methoxy groups -OCH3 is 2. The molecule has 0 aliphatic rings. The van der Waals surface area contributed by atoms with E-state index in [1.54, 1.807) is 25.3 Å². The fourth-order valence-corrected chi connectivity index (χ4v) is 1.95. The summed E-state index contributed by atoms with van der Waals surface area (Å²) in [4.78, 5) is 22.8. The van der Waals surface area contributed by atoms with Crippen molar-refractivity contribution in [1.82, 2.24) is 4.57 Å². The van der Waals surface area contributed by atoms with Crippen molar-refractivity contribution in [2.45, 2.75) is 6.54 Å². The number of hydrogen-bond acceptors (Lipinski definition) is 4. The number of aromatic nitrogens is 1. The van der Waals surface area contributed by atoms with Gasteiger partial charge in [0.05, 0.1) is 26.3 Å². The molecule has 21 heavy (non-hydrogen) atoms. The molecule has 0 atom stereocenters. The van der Waals surface area contributed by atoms with Gasteiger partial charge in [0, 0.05) is 23.9 Å². The highest BCUT2D eigenvalue weighted by molar-refractivity contribution is 5.87. The van der Waals surface area contributed by atoms with E-state index in [0.29, 0.717) is 11.5 Å². The molecule has 6 heteroatoms. The van der Waals surface area contributed by atoms with E-state index in [4.69, 9.17) is 14.6 Å². The molecule has 0 fully saturated rings. The predicted molar refractivity (Wildman–Crippen MR) is 76.3 cm³/mol. The molecule has 0 radical (unpaired) electrons. The lowest BCUT2D eigenvalue weighted by Gasteiger charge is -2.12. The highest BCUT2D eigenvalue weighted by Crippen LogP contribution is 2.25. The summed E-state index contributed by atoms with van der Waals surface area (Å²) >= 11 is 0. The third kappa shape index (κ3) is 3.22. The first-order valence-electron chi connectivity index (χ1n) is 6.20. The van der Waals surface area contributed by atoms with E-state index in [1.807, 2.05) is 0 Å². The standard InChI is InChI=1S/C15H15NO5/c1-20-12-5-3-10(13(7-12)21-2)8-16-9-11(15(18)19)4-6-14(16)17/h3-7,9H,8H2,1-2H3,(H,18,19). The second kappa shape index (κ2) is 6.13. The summed E-state index contributed by atoms with van der Waals surface area (Å²) in [5.41, 5.74) is 0.530. The van der Waals surface area contributed by atoms with Crippen LogP contribution in [-0.2, 0) is 6.54 Å². The van der Waals surface area contributed by atoms with Gasteiger partial charge < -0.3 is 19.1 Å². The molecule has 110 valence electrons. The number of carboxylic acids is 1. The Morgan fingerprint density at radius 3 is 2.57 bits per heavy atom. The van der Waals surface area contributed by atoms with Gasteiger partial charge in [0.25, 0.3) is 5.56 Å². The van der Waals surface area contributed by atoms with E-state index >= 15 is 0 Å². The Hall–Kier alpha value is -2.76. The molecule has 0 saturated heterocycles. The van der Waals surface area contributed by atoms with Crippen LogP contribution in [0.15, 0.2) is 41.3 Å². The maximum absolute atomic E-state index is 11.8. The molecule has 1 N–H and O–H groups in total.